The van der Waals surface area contributed by atoms with Gasteiger partial charge in [0.05, 0.1) is 42.1 Å². The Bertz CT molecular complexity index is 1090. The SMILES string of the molecule is CCOc1ccccc1-c1nc(CC(=O)Nc2cc(C(F)(F)F)ccc2OCCOC)cs1. The topological polar surface area (TPSA) is 69.7 Å². The molecule has 2 aromatic carbocycles. The summed E-state index contributed by atoms with van der Waals surface area (Å²) in [5.74, 6) is 0.297. The Morgan fingerprint density at radius 1 is 1.09 bits per heavy atom. The Morgan fingerprint density at radius 3 is 2.61 bits per heavy atom. The lowest BCUT2D eigenvalue weighted by Crippen LogP contribution is -2.17. The molecule has 33 heavy (non-hydrogen) atoms. The number of nitrogens with one attached hydrogen (secondary N) is 1. The number of carbonyl (C=O) groups is 1. The number of halogens is 3. The van der Waals surface area contributed by atoms with Crippen LogP contribution in [-0.2, 0) is 22.1 Å². The lowest BCUT2D eigenvalue weighted by Gasteiger charge is -2.15. The molecule has 0 saturated carbocycles. The van der Waals surface area contributed by atoms with E-state index in [1.807, 2.05) is 31.2 Å². The van der Waals surface area contributed by atoms with Crippen molar-refractivity contribution in [2.75, 3.05) is 32.2 Å². The molecule has 1 aromatic heterocycles. The first kappa shape index (κ1) is 24.5. The second-order valence-corrected chi connectivity index (χ2v) is 7.71. The van der Waals surface area contributed by atoms with Crippen molar-refractivity contribution in [3.63, 3.8) is 0 Å². The van der Waals surface area contributed by atoms with Crippen LogP contribution in [0.5, 0.6) is 11.5 Å². The minimum absolute atomic E-state index is 0.0666. The molecule has 10 heteroatoms. The number of amides is 1. The first-order chi connectivity index (χ1) is 15.8. The number of thiazole rings is 1. The summed E-state index contributed by atoms with van der Waals surface area (Å²) in [7, 11) is 1.48. The molecule has 0 aliphatic rings. The van der Waals surface area contributed by atoms with Crippen LogP contribution in [0.2, 0.25) is 0 Å². The van der Waals surface area contributed by atoms with Crippen LogP contribution in [0, 0.1) is 0 Å². The summed E-state index contributed by atoms with van der Waals surface area (Å²) in [4.78, 5) is 17.1. The third-order valence-corrected chi connectivity index (χ3v) is 5.36. The number of ether oxygens (including phenoxy) is 3. The van der Waals surface area contributed by atoms with Crippen LogP contribution in [0.3, 0.4) is 0 Å². The maximum absolute atomic E-state index is 13.1. The van der Waals surface area contributed by atoms with E-state index in [9.17, 15) is 18.0 Å². The molecule has 0 spiro atoms. The van der Waals surface area contributed by atoms with E-state index in [-0.39, 0.29) is 31.1 Å². The highest BCUT2D eigenvalue weighted by molar-refractivity contribution is 7.13. The standard InChI is InChI=1S/C23H23F3N2O4S/c1-3-31-19-7-5-4-6-17(19)22-27-16(14-33-22)13-21(29)28-18-12-15(23(24,25)26)8-9-20(18)32-11-10-30-2/h4-9,12,14H,3,10-11,13H2,1-2H3,(H,28,29). The molecular formula is C23H23F3N2O4S. The van der Waals surface area contributed by atoms with Crippen LogP contribution in [-0.4, -0.2) is 37.8 Å². The summed E-state index contributed by atoms with van der Waals surface area (Å²) < 4.78 is 55.4. The zero-order valence-electron chi connectivity index (χ0n) is 18.1. The zero-order chi connectivity index (χ0) is 23.8. The second-order valence-electron chi connectivity index (χ2n) is 6.85. The van der Waals surface area contributed by atoms with Gasteiger partial charge in [-0.1, -0.05) is 12.1 Å². The molecule has 3 aromatic rings. The maximum atomic E-state index is 13.1. The normalized spacial score (nSPS) is 11.3. The van der Waals surface area contributed by atoms with E-state index in [0.29, 0.717) is 23.1 Å². The molecule has 0 aliphatic heterocycles. The number of rotatable bonds is 10. The third kappa shape index (κ3) is 6.69. The van der Waals surface area contributed by atoms with E-state index in [1.54, 1.807) is 5.38 Å². The smallest absolute Gasteiger partial charge is 0.416 e. The van der Waals surface area contributed by atoms with Crippen LogP contribution in [0.15, 0.2) is 47.8 Å². The van der Waals surface area contributed by atoms with Gasteiger partial charge in [0.25, 0.3) is 0 Å². The minimum atomic E-state index is -4.55. The summed E-state index contributed by atoms with van der Waals surface area (Å²) in [6, 6.07) is 10.4. The summed E-state index contributed by atoms with van der Waals surface area (Å²) in [5.41, 5.74) is 0.346. The van der Waals surface area contributed by atoms with Gasteiger partial charge in [0.1, 0.15) is 23.1 Å². The second kappa shape index (κ2) is 11.2. The quantitative estimate of drug-likeness (QED) is 0.392. The number of hydrogen-bond acceptors (Lipinski definition) is 6. The third-order valence-electron chi connectivity index (χ3n) is 4.44. The van der Waals surface area contributed by atoms with Gasteiger partial charge in [0, 0.05) is 12.5 Å². The van der Waals surface area contributed by atoms with E-state index in [1.165, 1.54) is 24.5 Å². The van der Waals surface area contributed by atoms with E-state index in [0.717, 1.165) is 17.7 Å². The Hall–Kier alpha value is -3.11. The number of anilines is 1. The number of hydrogen-bond donors (Lipinski definition) is 1. The number of carbonyl (C=O) groups excluding carboxylic acids is 1. The van der Waals surface area contributed by atoms with Crippen molar-refractivity contribution in [1.82, 2.24) is 4.98 Å². The van der Waals surface area contributed by atoms with Gasteiger partial charge >= 0.3 is 6.18 Å². The van der Waals surface area contributed by atoms with Crippen LogP contribution in [0.25, 0.3) is 10.6 Å². The summed E-state index contributed by atoms with van der Waals surface area (Å²) in [6.07, 6.45) is -4.66. The van der Waals surface area contributed by atoms with Gasteiger partial charge in [-0.2, -0.15) is 13.2 Å². The number of nitrogens with zero attached hydrogens (tertiary/aromatic N) is 1. The lowest BCUT2D eigenvalue weighted by molar-refractivity contribution is -0.137. The van der Waals surface area contributed by atoms with Gasteiger partial charge in [0.15, 0.2) is 0 Å². The molecule has 0 saturated heterocycles. The Labute approximate surface area is 193 Å². The minimum Gasteiger partial charge on any atom is -0.493 e. The molecule has 0 radical (unpaired) electrons. The Morgan fingerprint density at radius 2 is 1.88 bits per heavy atom. The van der Waals surface area contributed by atoms with Crippen LogP contribution < -0.4 is 14.8 Å². The molecule has 1 heterocycles. The summed E-state index contributed by atoms with van der Waals surface area (Å²) in [6.45, 7) is 2.76. The lowest BCUT2D eigenvalue weighted by atomic mass is 10.1. The fraction of sp³-hybridized carbons (Fsp3) is 0.304. The largest absolute Gasteiger partial charge is 0.493 e. The number of alkyl halides is 3. The monoisotopic (exact) mass is 480 g/mol. The molecule has 6 nitrogen and oxygen atoms in total. The number of para-hydroxylation sites is 1. The molecule has 176 valence electrons. The highest BCUT2D eigenvalue weighted by atomic mass is 32.1. The van der Waals surface area contributed by atoms with Crippen molar-refractivity contribution in [2.24, 2.45) is 0 Å². The van der Waals surface area contributed by atoms with Crippen molar-refractivity contribution in [3.8, 4) is 22.1 Å². The first-order valence-corrected chi connectivity index (χ1v) is 11.0. The summed E-state index contributed by atoms with van der Waals surface area (Å²) in [5, 5.41) is 4.93. The fourth-order valence-corrected chi connectivity index (χ4v) is 3.81. The zero-order valence-corrected chi connectivity index (χ0v) is 18.9. The van der Waals surface area contributed by atoms with E-state index in [2.05, 4.69) is 10.3 Å². The predicted octanol–water partition coefficient (Wildman–Crippen LogP) is 5.43. The Balaban J connectivity index is 1.75. The number of benzene rings is 2. The van der Waals surface area contributed by atoms with Crippen LogP contribution in [0.4, 0.5) is 18.9 Å². The molecule has 1 amide bonds. The predicted molar refractivity (Wildman–Crippen MR) is 120 cm³/mol. The molecule has 0 unspecified atom stereocenters. The molecule has 0 fully saturated rings. The van der Waals surface area contributed by atoms with Gasteiger partial charge in [-0.3, -0.25) is 4.79 Å². The average Bonchev–Trinajstić information content (AvgIpc) is 3.23. The van der Waals surface area contributed by atoms with Crippen molar-refractivity contribution in [2.45, 2.75) is 19.5 Å². The molecule has 0 bridgehead atoms. The highest BCUT2D eigenvalue weighted by Crippen LogP contribution is 2.35. The van der Waals surface area contributed by atoms with Gasteiger partial charge in [-0.15, -0.1) is 11.3 Å². The van der Waals surface area contributed by atoms with Crippen molar-refractivity contribution in [3.05, 3.63) is 59.1 Å². The summed E-state index contributed by atoms with van der Waals surface area (Å²) >= 11 is 1.36. The van der Waals surface area contributed by atoms with E-state index in [4.69, 9.17) is 14.2 Å². The molecule has 0 atom stereocenters. The molecule has 3 rings (SSSR count). The number of methoxy groups -OCH3 is 1. The fourth-order valence-electron chi connectivity index (χ4n) is 2.96. The van der Waals surface area contributed by atoms with Gasteiger partial charge in [-0.25, -0.2) is 4.98 Å². The Kier molecular flexibility index (Phi) is 8.29. The maximum Gasteiger partial charge on any atom is 0.416 e. The number of aromatic nitrogens is 1. The molecule has 0 aliphatic carbocycles. The van der Waals surface area contributed by atoms with Gasteiger partial charge < -0.3 is 19.5 Å². The van der Waals surface area contributed by atoms with Crippen LogP contribution in [0.1, 0.15) is 18.2 Å². The van der Waals surface area contributed by atoms with Crippen molar-refractivity contribution < 1.29 is 32.2 Å². The average molecular weight is 481 g/mol. The molecule has 1 N–H and O–H groups in total. The highest BCUT2D eigenvalue weighted by Gasteiger charge is 2.31. The van der Waals surface area contributed by atoms with Gasteiger partial charge in [-0.05, 0) is 37.3 Å². The first-order valence-electron chi connectivity index (χ1n) is 10.1. The van der Waals surface area contributed by atoms with Crippen LogP contribution >= 0.6 is 11.3 Å². The van der Waals surface area contributed by atoms with E-state index >= 15 is 0 Å². The molecular weight excluding hydrogens is 457 g/mol. The van der Waals surface area contributed by atoms with Crippen molar-refractivity contribution in [1.29, 1.82) is 0 Å². The van der Waals surface area contributed by atoms with Gasteiger partial charge in [0.2, 0.25) is 5.91 Å². The van der Waals surface area contributed by atoms with E-state index < -0.39 is 17.6 Å². The van der Waals surface area contributed by atoms with Crippen molar-refractivity contribution >= 4 is 22.9 Å².